The summed E-state index contributed by atoms with van der Waals surface area (Å²) in [5, 5.41) is 0. The minimum atomic E-state index is 0.122. The molecule has 0 saturated heterocycles. The summed E-state index contributed by atoms with van der Waals surface area (Å²) in [4.78, 5) is 0. The van der Waals surface area contributed by atoms with Gasteiger partial charge in [0.15, 0.2) is 0 Å². The van der Waals surface area contributed by atoms with E-state index in [9.17, 15) is 0 Å². The molecule has 13 heavy (non-hydrogen) atoms. The van der Waals surface area contributed by atoms with E-state index in [0.717, 1.165) is 5.92 Å². The second kappa shape index (κ2) is 4.99. The molecular formula is C12H25N. The molecule has 1 rings (SSSR count). The van der Waals surface area contributed by atoms with Gasteiger partial charge in [0.2, 0.25) is 0 Å². The van der Waals surface area contributed by atoms with Crippen LogP contribution in [0, 0.1) is 5.92 Å². The Bertz CT molecular complexity index is 140. The smallest absolute Gasteiger partial charge is 0.0125 e. The maximum Gasteiger partial charge on any atom is 0.0125 e. The lowest BCUT2D eigenvalue weighted by Gasteiger charge is -2.26. The molecule has 0 aromatic heterocycles. The fraction of sp³-hybridized carbons (Fsp3) is 1.00. The Morgan fingerprint density at radius 3 is 2.38 bits per heavy atom. The quantitative estimate of drug-likeness (QED) is 0.611. The Morgan fingerprint density at radius 1 is 1.00 bits per heavy atom. The SMILES string of the molecule is CC1CCCCCC(C)(N)CCC1. The maximum absolute atomic E-state index is 6.21. The number of hydrogen-bond donors (Lipinski definition) is 1. The topological polar surface area (TPSA) is 26.0 Å². The molecule has 2 N–H and O–H groups in total. The first-order chi connectivity index (χ1) is 6.10. The molecule has 2 atom stereocenters. The van der Waals surface area contributed by atoms with Gasteiger partial charge in [0, 0.05) is 5.54 Å². The van der Waals surface area contributed by atoms with E-state index in [0.29, 0.717) is 0 Å². The maximum atomic E-state index is 6.21. The van der Waals surface area contributed by atoms with Crippen molar-refractivity contribution >= 4 is 0 Å². The number of nitrogens with two attached hydrogens (primary N) is 1. The zero-order chi connectivity index (χ0) is 9.73. The van der Waals surface area contributed by atoms with Crippen LogP contribution in [0.4, 0.5) is 0 Å². The molecule has 1 aliphatic carbocycles. The molecule has 0 radical (unpaired) electrons. The lowest BCUT2D eigenvalue weighted by molar-refractivity contribution is 0.326. The predicted molar refractivity (Wildman–Crippen MR) is 58.7 cm³/mol. The third-order valence-electron chi connectivity index (χ3n) is 3.39. The zero-order valence-corrected chi connectivity index (χ0v) is 9.31. The molecule has 1 heteroatoms. The lowest BCUT2D eigenvalue weighted by Crippen LogP contribution is -2.36. The molecule has 1 aliphatic rings. The summed E-state index contributed by atoms with van der Waals surface area (Å²) in [7, 11) is 0. The first kappa shape index (κ1) is 11.0. The van der Waals surface area contributed by atoms with Gasteiger partial charge in [0.1, 0.15) is 0 Å². The van der Waals surface area contributed by atoms with Crippen LogP contribution < -0.4 is 5.73 Å². The molecule has 0 heterocycles. The van der Waals surface area contributed by atoms with Crippen molar-refractivity contribution in [3.63, 3.8) is 0 Å². The molecule has 1 saturated carbocycles. The van der Waals surface area contributed by atoms with Gasteiger partial charge >= 0.3 is 0 Å². The third kappa shape index (κ3) is 4.66. The van der Waals surface area contributed by atoms with Crippen LogP contribution in [0.5, 0.6) is 0 Å². The Hall–Kier alpha value is -0.0400. The van der Waals surface area contributed by atoms with E-state index in [1.54, 1.807) is 0 Å². The van der Waals surface area contributed by atoms with Crippen molar-refractivity contribution in [2.45, 2.75) is 70.8 Å². The van der Waals surface area contributed by atoms with Crippen molar-refractivity contribution in [2.75, 3.05) is 0 Å². The highest BCUT2D eigenvalue weighted by Gasteiger charge is 2.18. The van der Waals surface area contributed by atoms with Gasteiger partial charge < -0.3 is 5.73 Å². The molecule has 0 amide bonds. The normalized spacial score (nSPS) is 38.5. The minimum Gasteiger partial charge on any atom is -0.325 e. The summed E-state index contributed by atoms with van der Waals surface area (Å²) in [5.74, 6) is 0.925. The summed E-state index contributed by atoms with van der Waals surface area (Å²) < 4.78 is 0. The molecule has 0 aromatic carbocycles. The molecule has 78 valence electrons. The van der Waals surface area contributed by atoms with Crippen LogP contribution in [0.3, 0.4) is 0 Å². The first-order valence-corrected chi connectivity index (χ1v) is 5.89. The van der Waals surface area contributed by atoms with E-state index in [1.807, 2.05) is 0 Å². The Kier molecular flexibility index (Phi) is 4.24. The zero-order valence-electron chi connectivity index (χ0n) is 9.31. The predicted octanol–water partition coefficient (Wildman–Crippen LogP) is 3.47. The van der Waals surface area contributed by atoms with Crippen molar-refractivity contribution in [1.29, 1.82) is 0 Å². The summed E-state index contributed by atoms with van der Waals surface area (Å²) in [6, 6.07) is 0. The van der Waals surface area contributed by atoms with Gasteiger partial charge in [-0.1, -0.05) is 45.4 Å². The molecule has 0 aromatic rings. The van der Waals surface area contributed by atoms with E-state index in [-0.39, 0.29) is 5.54 Å². The van der Waals surface area contributed by atoms with Crippen molar-refractivity contribution < 1.29 is 0 Å². The third-order valence-corrected chi connectivity index (χ3v) is 3.39. The van der Waals surface area contributed by atoms with Crippen LogP contribution in [-0.2, 0) is 0 Å². The Balaban J connectivity index is 2.35. The van der Waals surface area contributed by atoms with Gasteiger partial charge in [0.05, 0.1) is 0 Å². The van der Waals surface area contributed by atoms with E-state index in [1.165, 1.54) is 51.4 Å². The van der Waals surface area contributed by atoms with Gasteiger partial charge in [0.25, 0.3) is 0 Å². The standard InChI is InChI=1S/C12H25N/c1-11-7-4-3-5-9-12(2,13)10-6-8-11/h11H,3-10,13H2,1-2H3. The summed E-state index contributed by atoms with van der Waals surface area (Å²) in [5.41, 5.74) is 6.34. The van der Waals surface area contributed by atoms with E-state index < -0.39 is 0 Å². The van der Waals surface area contributed by atoms with Gasteiger partial charge in [-0.25, -0.2) is 0 Å². The van der Waals surface area contributed by atoms with Crippen molar-refractivity contribution in [3.8, 4) is 0 Å². The summed E-state index contributed by atoms with van der Waals surface area (Å²) in [6.45, 7) is 4.61. The van der Waals surface area contributed by atoms with Gasteiger partial charge in [-0.15, -0.1) is 0 Å². The Labute approximate surface area is 83.1 Å². The average molecular weight is 183 g/mol. The van der Waals surface area contributed by atoms with E-state index in [2.05, 4.69) is 13.8 Å². The van der Waals surface area contributed by atoms with Crippen LogP contribution in [0.2, 0.25) is 0 Å². The van der Waals surface area contributed by atoms with Crippen LogP contribution in [-0.4, -0.2) is 5.54 Å². The van der Waals surface area contributed by atoms with Crippen LogP contribution in [0.15, 0.2) is 0 Å². The van der Waals surface area contributed by atoms with Crippen LogP contribution in [0.25, 0.3) is 0 Å². The molecular weight excluding hydrogens is 158 g/mol. The highest BCUT2D eigenvalue weighted by atomic mass is 14.7. The van der Waals surface area contributed by atoms with E-state index in [4.69, 9.17) is 5.73 Å². The number of rotatable bonds is 0. The fourth-order valence-electron chi connectivity index (χ4n) is 2.32. The summed E-state index contributed by atoms with van der Waals surface area (Å²) >= 11 is 0. The second-order valence-electron chi connectivity index (χ2n) is 5.25. The molecule has 1 fully saturated rings. The highest BCUT2D eigenvalue weighted by molar-refractivity contribution is 4.79. The lowest BCUT2D eigenvalue weighted by atomic mass is 9.85. The monoisotopic (exact) mass is 183 g/mol. The summed E-state index contributed by atoms with van der Waals surface area (Å²) in [6.07, 6.45) is 10.7. The van der Waals surface area contributed by atoms with Crippen molar-refractivity contribution in [1.82, 2.24) is 0 Å². The largest absolute Gasteiger partial charge is 0.325 e. The minimum absolute atomic E-state index is 0.122. The van der Waals surface area contributed by atoms with Crippen molar-refractivity contribution in [3.05, 3.63) is 0 Å². The average Bonchev–Trinajstić information content (AvgIpc) is 2.02. The number of hydrogen-bond acceptors (Lipinski definition) is 1. The molecule has 0 spiro atoms. The van der Waals surface area contributed by atoms with Gasteiger partial charge in [-0.3, -0.25) is 0 Å². The van der Waals surface area contributed by atoms with Gasteiger partial charge in [-0.2, -0.15) is 0 Å². The molecule has 2 unspecified atom stereocenters. The second-order valence-corrected chi connectivity index (χ2v) is 5.25. The highest BCUT2D eigenvalue weighted by Crippen LogP contribution is 2.25. The van der Waals surface area contributed by atoms with E-state index >= 15 is 0 Å². The Morgan fingerprint density at radius 2 is 1.62 bits per heavy atom. The fourth-order valence-corrected chi connectivity index (χ4v) is 2.32. The van der Waals surface area contributed by atoms with Crippen molar-refractivity contribution in [2.24, 2.45) is 11.7 Å². The molecule has 0 aliphatic heterocycles. The van der Waals surface area contributed by atoms with Crippen LogP contribution >= 0.6 is 0 Å². The van der Waals surface area contributed by atoms with Crippen LogP contribution in [0.1, 0.15) is 65.2 Å². The molecule has 0 bridgehead atoms. The first-order valence-electron chi connectivity index (χ1n) is 5.89. The van der Waals surface area contributed by atoms with Gasteiger partial charge in [-0.05, 0) is 25.7 Å². The molecule has 1 nitrogen and oxygen atoms in total.